The molecule has 0 unspecified atom stereocenters. The fourth-order valence-electron chi connectivity index (χ4n) is 7.83. The molecule has 206 valence electrons. The number of aryl methyl sites for hydroxylation is 2. The van der Waals surface area contributed by atoms with Crippen LogP contribution in [0.25, 0.3) is 33.4 Å². The summed E-state index contributed by atoms with van der Waals surface area (Å²) in [6.07, 6.45) is 4.17. The number of hydrogen-bond acceptors (Lipinski definition) is 5. The first kappa shape index (κ1) is 26.1. The minimum atomic E-state index is -0.0810. The van der Waals surface area contributed by atoms with Gasteiger partial charge in [-0.25, -0.2) is 4.98 Å². The van der Waals surface area contributed by atoms with E-state index in [0.29, 0.717) is 52.5 Å². The first-order valence-corrected chi connectivity index (χ1v) is 14.4. The summed E-state index contributed by atoms with van der Waals surface area (Å²) in [7, 11) is 1.95. The Morgan fingerprint density at radius 2 is 1.92 bits per heavy atom. The van der Waals surface area contributed by atoms with Crippen molar-refractivity contribution in [1.82, 2.24) is 14.5 Å². The number of hydrogen-bond donors (Lipinski definition) is 1. The molecule has 2 aromatic carbocycles. The molecule has 0 radical (unpaired) electrons. The molecular weight excluding hydrogens is 486 g/mol. The third-order valence-electron chi connectivity index (χ3n) is 9.16. The van der Waals surface area contributed by atoms with Gasteiger partial charge in [0.1, 0.15) is 28.5 Å². The van der Waals surface area contributed by atoms with Crippen LogP contribution < -0.4 is 5.43 Å². The monoisotopic (exact) mass is 527 g/mol. The second-order valence-corrected chi connectivity index (χ2v) is 13.5. The number of aromatic nitrogens is 2. The van der Waals surface area contributed by atoms with Crippen LogP contribution in [0.4, 0.5) is 0 Å². The topological polar surface area (TPSA) is 71.5 Å². The summed E-state index contributed by atoms with van der Waals surface area (Å²) >= 11 is 0. The third kappa shape index (κ3) is 4.19. The van der Waals surface area contributed by atoms with Crippen LogP contribution in [0.3, 0.4) is 0 Å². The largest absolute Gasteiger partial charge is 0.507 e. The van der Waals surface area contributed by atoms with Gasteiger partial charge in [0.15, 0.2) is 0 Å². The lowest BCUT2D eigenvalue weighted by Crippen LogP contribution is -2.34. The fourth-order valence-corrected chi connectivity index (χ4v) is 7.83. The Bertz CT molecular complexity index is 1660. The maximum atomic E-state index is 14.4. The van der Waals surface area contributed by atoms with E-state index in [2.05, 4.69) is 25.7 Å². The van der Waals surface area contributed by atoms with Crippen molar-refractivity contribution in [1.29, 1.82) is 0 Å². The number of para-hydroxylation sites is 2. The molecule has 0 amide bonds. The van der Waals surface area contributed by atoms with Crippen molar-refractivity contribution in [2.45, 2.75) is 85.7 Å². The van der Waals surface area contributed by atoms with Crippen LogP contribution in [0.2, 0.25) is 0 Å². The van der Waals surface area contributed by atoms with Gasteiger partial charge in [-0.2, -0.15) is 0 Å². The summed E-state index contributed by atoms with van der Waals surface area (Å²) < 4.78 is 8.68. The molecule has 39 heavy (non-hydrogen) atoms. The average Bonchev–Trinajstić information content (AvgIpc) is 3.31. The van der Waals surface area contributed by atoms with Gasteiger partial charge < -0.3 is 14.1 Å². The summed E-state index contributed by atoms with van der Waals surface area (Å²) in [6.45, 7) is 14.8. The van der Waals surface area contributed by atoms with Gasteiger partial charge >= 0.3 is 0 Å². The van der Waals surface area contributed by atoms with Crippen molar-refractivity contribution >= 4 is 22.0 Å². The molecule has 2 aliphatic rings. The van der Waals surface area contributed by atoms with Crippen LogP contribution in [-0.4, -0.2) is 32.1 Å². The Hall–Kier alpha value is -3.12. The van der Waals surface area contributed by atoms with Gasteiger partial charge in [-0.3, -0.25) is 9.69 Å². The molecule has 1 aliphatic heterocycles. The highest BCUT2D eigenvalue weighted by molar-refractivity contribution is 5.89. The van der Waals surface area contributed by atoms with E-state index in [9.17, 15) is 9.90 Å². The highest BCUT2D eigenvalue weighted by Gasteiger charge is 2.49. The molecule has 2 atom stereocenters. The number of imidazole rings is 1. The lowest BCUT2D eigenvalue weighted by atomic mass is 9.65. The van der Waals surface area contributed by atoms with E-state index in [0.717, 1.165) is 35.1 Å². The van der Waals surface area contributed by atoms with E-state index >= 15 is 0 Å². The summed E-state index contributed by atoms with van der Waals surface area (Å²) in [6, 6.07) is 10.2. The van der Waals surface area contributed by atoms with Crippen molar-refractivity contribution in [2.75, 3.05) is 6.54 Å². The fraction of sp³-hybridized carbons (Fsp3) is 0.515. The summed E-state index contributed by atoms with van der Waals surface area (Å²) in [5.74, 6) is 1.46. The van der Waals surface area contributed by atoms with E-state index in [4.69, 9.17) is 9.40 Å². The Morgan fingerprint density at radius 1 is 1.18 bits per heavy atom. The average molecular weight is 528 g/mol. The lowest BCUT2D eigenvalue weighted by molar-refractivity contribution is 0.126. The van der Waals surface area contributed by atoms with Gasteiger partial charge in [0.25, 0.3) is 0 Å². The summed E-state index contributed by atoms with van der Waals surface area (Å²) in [5, 5.41) is 12.0. The Labute approximate surface area is 230 Å². The number of aromatic hydroxyl groups is 1. The smallest absolute Gasteiger partial charge is 0.203 e. The van der Waals surface area contributed by atoms with E-state index in [1.165, 1.54) is 12.8 Å². The number of fused-ring (bicyclic) bond motifs is 4. The van der Waals surface area contributed by atoms with E-state index < -0.39 is 0 Å². The standard InChI is InChI=1S/C33H41N3O3/c1-8-20-13-22-28(38)26(31-34-24-11-9-10-12-25(24)35(31)7)29(19(2)3)39-30(22)23(27(20)37)16-36-18-33(6)15-21(36)14-32(4,5)17-33/h9-13,19,21,37H,8,14-18H2,1-7H3/t21-,33+/m0/s1. The van der Waals surface area contributed by atoms with Gasteiger partial charge in [-0.05, 0) is 60.3 Å². The van der Waals surface area contributed by atoms with E-state index in [1.54, 1.807) is 0 Å². The summed E-state index contributed by atoms with van der Waals surface area (Å²) in [4.78, 5) is 21.7. The van der Waals surface area contributed by atoms with Gasteiger partial charge in [0, 0.05) is 32.1 Å². The van der Waals surface area contributed by atoms with Crippen LogP contribution >= 0.6 is 0 Å². The van der Waals surface area contributed by atoms with Crippen LogP contribution in [0.15, 0.2) is 39.5 Å². The van der Waals surface area contributed by atoms with Crippen molar-refractivity contribution < 1.29 is 9.52 Å². The number of likely N-dealkylation sites (tertiary alicyclic amines) is 1. The molecule has 1 N–H and O–H groups in total. The van der Waals surface area contributed by atoms with Gasteiger partial charge in [0.05, 0.1) is 22.0 Å². The zero-order chi connectivity index (χ0) is 27.9. The van der Waals surface area contributed by atoms with Crippen LogP contribution in [-0.2, 0) is 20.0 Å². The maximum absolute atomic E-state index is 14.4. The number of nitrogens with zero attached hydrogens (tertiary/aromatic N) is 3. The Morgan fingerprint density at radius 3 is 2.62 bits per heavy atom. The molecule has 2 aromatic heterocycles. The van der Waals surface area contributed by atoms with Crippen molar-refractivity contribution in [3.05, 3.63) is 57.4 Å². The number of phenolic OH excluding ortho intramolecular Hbond substituents is 1. The molecule has 2 fully saturated rings. The zero-order valence-electron chi connectivity index (χ0n) is 24.4. The van der Waals surface area contributed by atoms with E-state index in [1.807, 2.05) is 62.7 Å². The highest BCUT2D eigenvalue weighted by atomic mass is 16.3. The molecule has 1 aliphatic carbocycles. The number of rotatable bonds is 5. The molecule has 4 aromatic rings. The molecular formula is C33H41N3O3. The number of benzene rings is 2. The normalized spacial score (nSPS) is 22.9. The third-order valence-corrected chi connectivity index (χ3v) is 9.16. The highest BCUT2D eigenvalue weighted by Crippen LogP contribution is 2.53. The zero-order valence-corrected chi connectivity index (χ0v) is 24.4. The molecule has 3 heterocycles. The maximum Gasteiger partial charge on any atom is 0.203 e. The molecule has 1 saturated heterocycles. The Balaban J connectivity index is 1.56. The van der Waals surface area contributed by atoms with Gasteiger partial charge in [-0.15, -0.1) is 0 Å². The quantitative estimate of drug-likeness (QED) is 0.299. The minimum absolute atomic E-state index is 0.0385. The van der Waals surface area contributed by atoms with Crippen molar-refractivity contribution in [3.63, 3.8) is 0 Å². The molecule has 0 spiro atoms. The second kappa shape index (κ2) is 8.95. The predicted octanol–water partition coefficient (Wildman–Crippen LogP) is 7.14. The van der Waals surface area contributed by atoms with Crippen LogP contribution in [0.5, 0.6) is 5.75 Å². The molecule has 6 heteroatoms. The first-order chi connectivity index (χ1) is 18.4. The SMILES string of the molecule is CCc1cc2c(=O)c(-c3nc4ccccc4n3C)c(C(C)C)oc2c(CN2C[C@]3(C)C[C@@H]2CC(C)(C)C3)c1O. The minimum Gasteiger partial charge on any atom is -0.507 e. The van der Waals surface area contributed by atoms with Crippen molar-refractivity contribution in [2.24, 2.45) is 17.9 Å². The Kier molecular flexibility index (Phi) is 6.00. The lowest BCUT2D eigenvalue weighted by Gasteiger charge is -2.40. The molecule has 6 nitrogen and oxygen atoms in total. The molecule has 1 saturated carbocycles. The first-order valence-electron chi connectivity index (χ1n) is 14.4. The van der Waals surface area contributed by atoms with Gasteiger partial charge in [-0.1, -0.05) is 53.7 Å². The molecule has 2 bridgehead atoms. The summed E-state index contributed by atoms with van der Waals surface area (Å²) in [5.41, 5.74) is 4.88. The number of phenols is 1. The van der Waals surface area contributed by atoms with Gasteiger partial charge in [0.2, 0.25) is 5.43 Å². The van der Waals surface area contributed by atoms with Crippen LogP contribution in [0, 0.1) is 10.8 Å². The predicted molar refractivity (Wildman–Crippen MR) is 157 cm³/mol. The molecule has 6 rings (SSSR count). The van der Waals surface area contributed by atoms with Crippen molar-refractivity contribution in [3.8, 4) is 17.1 Å². The van der Waals surface area contributed by atoms with E-state index in [-0.39, 0.29) is 22.5 Å². The second-order valence-electron chi connectivity index (χ2n) is 13.5. The van der Waals surface area contributed by atoms with Crippen LogP contribution in [0.1, 0.15) is 83.6 Å².